The largest absolute Gasteiger partial charge is 0.490 e. The van der Waals surface area contributed by atoms with Crippen molar-refractivity contribution in [1.29, 1.82) is 0 Å². The van der Waals surface area contributed by atoms with E-state index in [0.717, 1.165) is 23.7 Å². The lowest BCUT2D eigenvalue weighted by molar-refractivity contribution is 0.0186. The summed E-state index contributed by atoms with van der Waals surface area (Å²) in [7, 11) is 1.63. The van der Waals surface area contributed by atoms with Crippen LogP contribution in [0.4, 0.5) is 0 Å². The summed E-state index contributed by atoms with van der Waals surface area (Å²) >= 11 is 3.43. The molecule has 1 aliphatic heterocycles. The molecule has 1 atom stereocenters. The average Bonchev–Trinajstić information content (AvgIpc) is 2.49. The van der Waals surface area contributed by atoms with Crippen molar-refractivity contribution in [3.05, 3.63) is 28.2 Å². The first-order valence-electron chi connectivity index (χ1n) is 6.79. The fourth-order valence-electron chi connectivity index (χ4n) is 2.14. The standard InChI is InChI=1S/C15H19BrO4/c1-18-8-9-20-13-6-5-11(10-12(13)16)15(17)14-4-2-3-7-19-14/h5-6,10,14H,2-4,7-9H2,1H3. The molecule has 0 aliphatic carbocycles. The van der Waals surface area contributed by atoms with Gasteiger partial charge in [-0.05, 0) is 53.4 Å². The molecule has 1 fully saturated rings. The van der Waals surface area contributed by atoms with Gasteiger partial charge in [-0.3, -0.25) is 4.79 Å². The molecule has 1 aromatic rings. The Morgan fingerprint density at radius 3 is 2.90 bits per heavy atom. The van der Waals surface area contributed by atoms with Gasteiger partial charge in [0.05, 0.1) is 11.1 Å². The fraction of sp³-hybridized carbons (Fsp3) is 0.533. The molecule has 0 spiro atoms. The summed E-state index contributed by atoms with van der Waals surface area (Å²) in [6, 6.07) is 5.38. The second-order valence-electron chi connectivity index (χ2n) is 4.71. The molecule has 1 saturated heterocycles. The molecular weight excluding hydrogens is 324 g/mol. The number of ether oxygens (including phenoxy) is 3. The van der Waals surface area contributed by atoms with Gasteiger partial charge in [0.25, 0.3) is 0 Å². The van der Waals surface area contributed by atoms with Crippen molar-refractivity contribution >= 4 is 21.7 Å². The number of carbonyl (C=O) groups is 1. The van der Waals surface area contributed by atoms with Crippen LogP contribution in [-0.2, 0) is 9.47 Å². The van der Waals surface area contributed by atoms with Crippen LogP contribution in [0.1, 0.15) is 29.6 Å². The molecule has 5 heteroatoms. The Balaban J connectivity index is 2.02. The number of hydrogen-bond donors (Lipinski definition) is 0. The molecular formula is C15H19BrO4. The Kier molecular flexibility index (Phi) is 6.01. The third-order valence-corrected chi connectivity index (χ3v) is 3.85. The summed E-state index contributed by atoms with van der Waals surface area (Å²) in [5.74, 6) is 0.761. The normalized spacial score (nSPS) is 18.8. The number of rotatable bonds is 6. The van der Waals surface area contributed by atoms with Crippen LogP contribution in [-0.4, -0.2) is 38.8 Å². The number of halogens is 1. The van der Waals surface area contributed by atoms with E-state index in [0.29, 0.717) is 31.1 Å². The summed E-state index contributed by atoms with van der Waals surface area (Å²) in [5.41, 5.74) is 0.655. The van der Waals surface area contributed by atoms with Gasteiger partial charge in [0.1, 0.15) is 18.5 Å². The number of methoxy groups -OCH3 is 1. The minimum Gasteiger partial charge on any atom is -0.490 e. The van der Waals surface area contributed by atoms with Crippen molar-refractivity contribution in [3.8, 4) is 5.75 Å². The smallest absolute Gasteiger partial charge is 0.191 e. The van der Waals surface area contributed by atoms with E-state index in [1.165, 1.54) is 0 Å². The molecule has 0 saturated carbocycles. The summed E-state index contributed by atoms with van der Waals surface area (Å²) < 4.78 is 16.8. The van der Waals surface area contributed by atoms with E-state index in [1.807, 2.05) is 0 Å². The molecule has 1 aliphatic rings. The quantitative estimate of drug-likeness (QED) is 0.588. The molecule has 0 N–H and O–H groups in total. The lowest BCUT2D eigenvalue weighted by atomic mass is 10.00. The van der Waals surface area contributed by atoms with Crippen LogP contribution in [0, 0.1) is 0 Å². The van der Waals surface area contributed by atoms with Crippen LogP contribution >= 0.6 is 15.9 Å². The van der Waals surface area contributed by atoms with Crippen LogP contribution in [0.3, 0.4) is 0 Å². The van der Waals surface area contributed by atoms with Gasteiger partial charge in [-0.15, -0.1) is 0 Å². The van der Waals surface area contributed by atoms with E-state index in [4.69, 9.17) is 14.2 Å². The van der Waals surface area contributed by atoms with Gasteiger partial charge < -0.3 is 14.2 Å². The summed E-state index contributed by atoms with van der Waals surface area (Å²) in [6.07, 6.45) is 2.61. The van der Waals surface area contributed by atoms with Gasteiger partial charge in [-0.1, -0.05) is 0 Å². The van der Waals surface area contributed by atoms with E-state index in [2.05, 4.69) is 15.9 Å². The maximum Gasteiger partial charge on any atom is 0.191 e. The van der Waals surface area contributed by atoms with Crippen LogP contribution in [0.25, 0.3) is 0 Å². The first-order chi connectivity index (χ1) is 9.72. The zero-order chi connectivity index (χ0) is 14.4. The van der Waals surface area contributed by atoms with Gasteiger partial charge >= 0.3 is 0 Å². The maximum absolute atomic E-state index is 12.3. The highest BCUT2D eigenvalue weighted by molar-refractivity contribution is 9.10. The third-order valence-electron chi connectivity index (χ3n) is 3.23. The summed E-state index contributed by atoms with van der Waals surface area (Å²) in [4.78, 5) is 12.3. The Labute approximate surface area is 127 Å². The molecule has 2 rings (SSSR count). The maximum atomic E-state index is 12.3. The van der Waals surface area contributed by atoms with Crippen molar-refractivity contribution in [2.75, 3.05) is 26.9 Å². The zero-order valence-electron chi connectivity index (χ0n) is 11.6. The molecule has 110 valence electrons. The molecule has 0 amide bonds. The molecule has 1 unspecified atom stereocenters. The topological polar surface area (TPSA) is 44.8 Å². The number of ketones is 1. The summed E-state index contributed by atoms with van der Waals surface area (Å²) in [6.45, 7) is 1.69. The predicted octanol–water partition coefficient (Wildman–Crippen LogP) is 3.23. The molecule has 1 heterocycles. The summed E-state index contributed by atoms with van der Waals surface area (Å²) in [5, 5.41) is 0. The Bertz CT molecular complexity index is 455. The molecule has 0 aromatic heterocycles. The van der Waals surface area contributed by atoms with Crippen LogP contribution in [0.5, 0.6) is 5.75 Å². The van der Waals surface area contributed by atoms with Gasteiger partial charge in [0.2, 0.25) is 0 Å². The Morgan fingerprint density at radius 1 is 1.40 bits per heavy atom. The fourth-order valence-corrected chi connectivity index (χ4v) is 2.63. The number of Topliss-reactive ketones (excluding diaryl/α,β-unsaturated/α-hetero) is 1. The van der Waals surface area contributed by atoms with E-state index in [9.17, 15) is 4.79 Å². The highest BCUT2D eigenvalue weighted by Crippen LogP contribution is 2.27. The van der Waals surface area contributed by atoms with E-state index in [-0.39, 0.29) is 11.9 Å². The third kappa shape index (κ3) is 4.04. The first-order valence-corrected chi connectivity index (χ1v) is 7.59. The van der Waals surface area contributed by atoms with Gasteiger partial charge in [-0.25, -0.2) is 0 Å². The lowest BCUT2D eigenvalue weighted by Gasteiger charge is -2.21. The first kappa shape index (κ1) is 15.5. The highest BCUT2D eigenvalue weighted by atomic mass is 79.9. The average molecular weight is 343 g/mol. The zero-order valence-corrected chi connectivity index (χ0v) is 13.1. The second kappa shape index (κ2) is 7.76. The van der Waals surface area contributed by atoms with Crippen molar-refractivity contribution in [2.24, 2.45) is 0 Å². The minimum absolute atomic E-state index is 0.0499. The van der Waals surface area contributed by atoms with Gasteiger partial charge in [0, 0.05) is 19.3 Å². The van der Waals surface area contributed by atoms with Crippen LogP contribution < -0.4 is 4.74 Å². The number of carbonyl (C=O) groups excluding carboxylic acids is 1. The van der Waals surface area contributed by atoms with Crippen molar-refractivity contribution in [1.82, 2.24) is 0 Å². The predicted molar refractivity (Wildman–Crippen MR) is 79.4 cm³/mol. The van der Waals surface area contributed by atoms with Gasteiger partial charge in [-0.2, -0.15) is 0 Å². The molecule has 4 nitrogen and oxygen atoms in total. The molecule has 0 radical (unpaired) electrons. The molecule has 0 bridgehead atoms. The monoisotopic (exact) mass is 342 g/mol. The Hall–Kier alpha value is -0.910. The molecule has 1 aromatic carbocycles. The second-order valence-corrected chi connectivity index (χ2v) is 5.56. The van der Waals surface area contributed by atoms with Crippen molar-refractivity contribution in [3.63, 3.8) is 0 Å². The van der Waals surface area contributed by atoms with E-state index in [1.54, 1.807) is 25.3 Å². The molecule has 20 heavy (non-hydrogen) atoms. The SMILES string of the molecule is COCCOc1ccc(C(=O)C2CCCCO2)cc1Br. The lowest BCUT2D eigenvalue weighted by Crippen LogP contribution is -2.28. The number of hydrogen-bond acceptors (Lipinski definition) is 4. The van der Waals surface area contributed by atoms with Crippen LogP contribution in [0.15, 0.2) is 22.7 Å². The highest BCUT2D eigenvalue weighted by Gasteiger charge is 2.23. The van der Waals surface area contributed by atoms with Crippen molar-refractivity contribution in [2.45, 2.75) is 25.4 Å². The number of benzene rings is 1. The van der Waals surface area contributed by atoms with Crippen molar-refractivity contribution < 1.29 is 19.0 Å². The Morgan fingerprint density at radius 2 is 2.25 bits per heavy atom. The van der Waals surface area contributed by atoms with Gasteiger partial charge in [0.15, 0.2) is 5.78 Å². The van der Waals surface area contributed by atoms with E-state index >= 15 is 0 Å². The minimum atomic E-state index is -0.295. The van der Waals surface area contributed by atoms with E-state index < -0.39 is 0 Å². The van der Waals surface area contributed by atoms with Crippen LogP contribution in [0.2, 0.25) is 0 Å².